The lowest BCUT2D eigenvalue weighted by Crippen LogP contribution is -2.54. The van der Waals surface area contributed by atoms with Crippen molar-refractivity contribution in [3.63, 3.8) is 0 Å². The maximum absolute atomic E-state index is 12.2. The molecule has 0 fully saturated rings. The van der Waals surface area contributed by atoms with Gasteiger partial charge in [0.05, 0.1) is 19.8 Å². The molecule has 0 aromatic carbocycles. The van der Waals surface area contributed by atoms with E-state index in [1.807, 2.05) is 0 Å². The topological polar surface area (TPSA) is 61.8 Å². The molecule has 0 amide bonds. The van der Waals surface area contributed by atoms with Crippen molar-refractivity contribution in [3.8, 4) is 0 Å². The van der Waals surface area contributed by atoms with Gasteiger partial charge in [0.2, 0.25) is 0 Å². The zero-order chi connectivity index (χ0) is 14.4. The van der Waals surface area contributed by atoms with Gasteiger partial charge in [0.15, 0.2) is 5.41 Å². The molecule has 18 heavy (non-hydrogen) atoms. The maximum Gasteiger partial charge on any atom is 0.326 e. The predicted molar refractivity (Wildman–Crippen MR) is 67.0 cm³/mol. The molecule has 0 aliphatic heterocycles. The molecule has 5 nitrogen and oxygen atoms in total. The van der Waals surface area contributed by atoms with Gasteiger partial charge < -0.3 is 14.2 Å². The highest BCUT2D eigenvalue weighted by atomic mass is 16.6. The molecule has 0 aromatic rings. The highest BCUT2D eigenvalue weighted by molar-refractivity contribution is 6.01. The zero-order valence-electron chi connectivity index (χ0n) is 12.2. The van der Waals surface area contributed by atoms with E-state index >= 15 is 0 Å². The van der Waals surface area contributed by atoms with Crippen molar-refractivity contribution in [2.75, 3.05) is 26.9 Å². The summed E-state index contributed by atoms with van der Waals surface area (Å²) in [7, 11) is 1.44. The average Bonchev–Trinajstić information content (AvgIpc) is 2.24. The molecule has 0 aliphatic rings. The van der Waals surface area contributed by atoms with E-state index in [-0.39, 0.29) is 19.8 Å². The highest BCUT2D eigenvalue weighted by Gasteiger charge is 2.57. The molecular formula is C13H24O5. The summed E-state index contributed by atoms with van der Waals surface area (Å²) in [6.07, 6.45) is 0. The van der Waals surface area contributed by atoms with Gasteiger partial charge in [0.25, 0.3) is 0 Å². The second-order valence-corrected chi connectivity index (χ2v) is 5.03. The van der Waals surface area contributed by atoms with Crippen molar-refractivity contribution in [3.05, 3.63) is 0 Å². The van der Waals surface area contributed by atoms with Gasteiger partial charge in [-0.1, -0.05) is 20.8 Å². The minimum absolute atomic E-state index is 0.0613. The third kappa shape index (κ3) is 3.22. The molecule has 0 unspecified atom stereocenters. The molecule has 0 saturated carbocycles. The van der Waals surface area contributed by atoms with E-state index in [4.69, 9.17) is 14.2 Å². The summed E-state index contributed by atoms with van der Waals surface area (Å²) in [5.74, 6) is -1.20. The largest absolute Gasteiger partial charge is 0.465 e. The number of methoxy groups -OCH3 is 1. The van der Waals surface area contributed by atoms with Crippen LogP contribution in [0.2, 0.25) is 0 Å². The van der Waals surface area contributed by atoms with Gasteiger partial charge >= 0.3 is 11.9 Å². The molecule has 0 saturated heterocycles. The van der Waals surface area contributed by atoms with Crippen LogP contribution in [0.5, 0.6) is 0 Å². The first-order valence-corrected chi connectivity index (χ1v) is 6.11. The number of ether oxygens (including phenoxy) is 3. The maximum atomic E-state index is 12.2. The molecule has 0 spiro atoms. The fraction of sp³-hybridized carbons (Fsp3) is 0.846. The van der Waals surface area contributed by atoms with Crippen molar-refractivity contribution in [2.45, 2.75) is 34.6 Å². The lowest BCUT2D eigenvalue weighted by atomic mass is 9.66. The fourth-order valence-corrected chi connectivity index (χ4v) is 1.76. The Balaban J connectivity index is 5.57. The van der Waals surface area contributed by atoms with Crippen LogP contribution in [0, 0.1) is 10.8 Å². The number of hydrogen-bond donors (Lipinski definition) is 0. The Bertz CT molecular complexity index is 272. The molecule has 106 valence electrons. The minimum atomic E-state index is -1.44. The molecule has 0 N–H and O–H groups in total. The predicted octanol–water partition coefficient (Wildman–Crippen LogP) is 1.79. The zero-order valence-corrected chi connectivity index (χ0v) is 12.2. The van der Waals surface area contributed by atoms with E-state index in [0.717, 1.165) is 0 Å². The van der Waals surface area contributed by atoms with Crippen LogP contribution in [0.3, 0.4) is 0 Å². The SMILES string of the molecule is CCOC(=O)C(COC)(C(=O)OCC)C(C)(C)C. The molecule has 0 atom stereocenters. The first-order valence-electron chi connectivity index (χ1n) is 6.11. The summed E-state index contributed by atoms with van der Waals surface area (Å²) < 4.78 is 15.1. The van der Waals surface area contributed by atoms with Gasteiger partial charge in [-0.25, -0.2) is 0 Å². The molecule has 5 heteroatoms. The Morgan fingerprint density at radius 3 is 1.56 bits per heavy atom. The van der Waals surface area contributed by atoms with E-state index in [9.17, 15) is 9.59 Å². The van der Waals surface area contributed by atoms with Crippen LogP contribution in [0.4, 0.5) is 0 Å². The Kier molecular flexibility index (Phi) is 6.32. The Morgan fingerprint density at radius 2 is 1.33 bits per heavy atom. The first-order chi connectivity index (χ1) is 8.27. The summed E-state index contributed by atoms with van der Waals surface area (Å²) in [5.41, 5.74) is -2.10. The second kappa shape index (κ2) is 6.73. The van der Waals surface area contributed by atoms with Crippen LogP contribution in [0.15, 0.2) is 0 Å². The van der Waals surface area contributed by atoms with Gasteiger partial charge in [0, 0.05) is 7.11 Å². The lowest BCUT2D eigenvalue weighted by Gasteiger charge is -2.39. The molecule has 0 aromatic heterocycles. The van der Waals surface area contributed by atoms with Crippen LogP contribution < -0.4 is 0 Å². The van der Waals surface area contributed by atoms with Crippen LogP contribution in [-0.2, 0) is 23.8 Å². The number of hydrogen-bond acceptors (Lipinski definition) is 5. The quantitative estimate of drug-likeness (QED) is 0.538. The van der Waals surface area contributed by atoms with E-state index in [1.54, 1.807) is 34.6 Å². The smallest absolute Gasteiger partial charge is 0.326 e. The molecule has 0 radical (unpaired) electrons. The molecule has 0 bridgehead atoms. The summed E-state index contributed by atoms with van der Waals surface area (Å²) in [6.45, 7) is 9.12. The Labute approximate surface area is 109 Å². The molecule has 0 aliphatic carbocycles. The number of esters is 2. The third-order valence-electron chi connectivity index (χ3n) is 2.89. The monoisotopic (exact) mass is 260 g/mol. The Morgan fingerprint density at radius 1 is 0.944 bits per heavy atom. The van der Waals surface area contributed by atoms with Crippen LogP contribution >= 0.6 is 0 Å². The molecular weight excluding hydrogens is 236 g/mol. The van der Waals surface area contributed by atoms with Crippen molar-refractivity contribution < 1.29 is 23.8 Å². The van der Waals surface area contributed by atoms with Crippen LogP contribution in [0.25, 0.3) is 0 Å². The standard InChI is InChI=1S/C13H24O5/c1-7-17-10(14)13(9-16-6,12(3,4)5)11(15)18-8-2/h7-9H2,1-6H3. The first kappa shape index (κ1) is 16.9. The summed E-state index contributed by atoms with van der Waals surface area (Å²) >= 11 is 0. The fourth-order valence-electron chi connectivity index (χ4n) is 1.76. The summed E-state index contributed by atoms with van der Waals surface area (Å²) in [4.78, 5) is 24.4. The molecule has 0 rings (SSSR count). The number of rotatable bonds is 6. The van der Waals surface area contributed by atoms with Crippen molar-refractivity contribution in [1.29, 1.82) is 0 Å². The van der Waals surface area contributed by atoms with Crippen LogP contribution in [-0.4, -0.2) is 38.9 Å². The van der Waals surface area contributed by atoms with Gasteiger partial charge in [-0.05, 0) is 19.3 Å². The lowest BCUT2D eigenvalue weighted by molar-refractivity contribution is -0.186. The summed E-state index contributed by atoms with van der Waals surface area (Å²) in [6, 6.07) is 0. The van der Waals surface area contributed by atoms with Gasteiger partial charge in [-0.2, -0.15) is 0 Å². The second-order valence-electron chi connectivity index (χ2n) is 5.03. The van der Waals surface area contributed by atoms with Gasteiger partial charge in [0.1, 0.15) is 0 Å². The summed E-state index contributed by atoms with van der Waals surface area (Å²) in [5, 5.41) is 0. The van der Waals surface area contributed by atoms with E-state index in [2.05, 4.69) is 0 Å². The van der Waals surface area contributed by atoms with Gasteiger partial charge in [-0.15, -0.1) is 0 Å². The van der Waals surface area contributed by atoms with Crippen LogP contribution in [0.1, 0.15) is 34.6 Å². The van der Waals surface area contributed by atoms with Crippen molar-refractivity contribution in [1.82, 2.24) is 0 Å². The Hall–Kier alpha value is -1.10. The van der Waals surface area contributed by atoms with Gasteiger partial charge in [-0.3, -0.25) is 9.59 Å². The number of carbonyl (C=O) groups is 2. The van der Waals surface area contributed by atoms with Crippen molar-refractivity contribution in [2.24, 2.45) is 10.8 Å². The third-order valence-corrected chi connectivity index (χ3v) is 2.89. The van der Waals surface area contributed by atoms with E-state index in [1.165, 1.54) is 7.11 Å². The number of carbonyl (C=O) groups excluding carboxylic acids is 2. The molecule has 0 heterocycles. The minimum Gasteiger partial charge on any atom is -0.465 e. The van der Waals surface area contributed by atoms with E-state index < -0.39 is 22.8 Å². The normalized spacial score (nSPS) is 12.1. The average molecular weight is 260 g/mol. The van der Waals surface area contributed by atoms with E-state index in [0.29, 0.717) is 0 Å². The van der Waals surface area contributed by atoms with Crippen molar-refractivity contribution >= 4 is 11.9 Å². The highest BCUT2D eigenvalue weighted by Crippen LogP contribution is 2.41.